The van der Waals surface area contributed by atoms with Crippen LogP contribution in [0.2, 0.25) is 0 Å². The Balaban J connectivity index is 1.38. The van der Waals surface area contributed by atoms with E-state index in [4.69, 9.17) is 4.74 Å². The van der Waals surface area contributed by atoms with Crippen molar-refractivity contribution in [1.82, 2.24) is 10.3 Å². The molecule has 0 saturated heterocycles. The quantitative estimate of drug-likeness (QED) is 0.451. The number of anilines is 2. The van der Waals surface area contributed by atoms with Crippen LogP contribution < -0.4 is 15.4 Å². The second kappa shape index (κ2) is 8.89. The zero-order chi connectivity index (χ0) is 19.9. The van der Waals surface area contributed by atoms with Crippen molar-refractivity contribution in [2.24, 2.45) is 0 Å². The van der Waals surface area contributed by atoms with E-state index in [0.717, 1.165) is 28.0 Å². The number of nitrogens with zero attached hydrogens (tertiary/aromatic N) is 1. The Hall–Kier alpha value is -3.86. The lowest BCUT2D eigenvalue weighted by molar-refractivity contribution is 0.0947. The maximum Gasteiger partial charge on any atom is 0.251 e. The highest BCUT2D eigenvalue weighted by atomic mass is 16.5. The molecule has 0 aliphatic heterocycles. The number of hydrogen-bond donors (Lipinski definition) is 2. The van der Waals surface area contributed by atoms with Crippen LogP contribution in [0.5, 0.6) is 5.75 Å². The standard InChI is InChI=1S/C24H21N3O2/c28-24(26-15-16-29-21-10-2-1-3-11-21)19-8-6-9-20(17-19)27-23-22-12-5-4-7-18(22)13-14-25-23/h1-14,17H,15-16H2,(H,25,27)(H,26,28). The van der Waals surface area contributed by atoms with Crippen LogP contribution in [-0.2, 0) is 0 Å². The molecule has 3 aromatic carbocycles. The number of nitrogens with one attached hydrogen (secondary N) is 2. The molecule has 29 heavy (non-hydrogen) atoms. The number of carbonyl (C=O) groups excluding carboxylic acids is 1. The topological polar surface area (TPSA) is 63.2 Å². The van der Waals surface area contributed by atoms with Gasteiger partial charge in [0, 0.05) is 22.8 Å². The first-order valence-electron chi connectivity index (χ1n) is 9.46. The summed E-state index contributed by atoms with van der Waals surface area (Å²) in [6.07, 6.45) is 1.77. The van der Waals surface area contributed by atoms with Gasteiger partial charge in [0.1, 0.15) is 18.2 Å². The van der Waals surface area contributed by atoms with Crippen molar-refractivity contribution in [3.05, 3.63) is 96.7 Å². The minimum absolute atomic E-state index is 0.142. The summed E-state index contributed by atoms with van der Waals surface area (Å²) in [6, 6.07) is 26.9. The molecule has 1 aromatic heterocycles. The van der Waals surface area contributed by atoms with Crippen molar-refractivity contribution in [3.8, 4) is 5.75 Å². The van der Waals surface area contributed by atoms with Gasteiger partial charge in [0.25, 0.3) is 5.91 Å². The Morgan fingerprint density at radius 3 is 2.62 bits per heavy atom. The number of para-hydroxylation sites is 1. The molecular formula is C24H21N3O2. The van der Waals surface area contributed by atoms with E-state index in [0.29, 0.717) is 18.7 Å². The number of aromatic nitrogens is 1. The SMILES string of the molecule is O=C(NCCOc1ccccc1)c1cccc(Nc2nccc3ccccc23)c1. The first-order chi connectivity index (χ1) is 14.3. The molecule has 0 unspecified atom stereocenters. The van der Waals surface area contributed by atoms with Gasteiger partial charge < -0.3 is 15.4 Å². The van der Waals surface area contributed by atoms with Crippen molar-refractivity contribution in [1.29, 1.82) is 0 Å². The largest absolute Gasteiger partial charge is 0.492 e. The van der Waals surface area contributed by atoms with Gasteiger partial charge in [0.2, 0.25) is 0 Å². The van der Waals surface area contributed by atoms with Crippen LogP contribution >= 0.6 is 0 Å². The molecule has 0 radical (unpaired) electrons. The van der Waals surface area contributed by atoms with Crippen molar-refractivity contribution < 1.29 is 9.53 Å². The van der Waals surface area contributed by atoms with Crippen LogP contribution in [0.1, 0.15) is 10.4 Å². The smallest absolute Gasteiger partial charge is 0.251 e. The number of pyridine rings is 1. The van der Waals surface area contributed by atoms with Crippen LogP contribution in [0, 0.1) is 0 Å². The Bertz CT molecular complexity index is 1110. The third-order valence-corrected chi connectivity index (χ3v) is 4.46. The Morgan fingerprint density at radius 2 is 1.72 bits per heavy atom. The van der Waals surface area contributed by atoms with Crippen LogP contribution in [-0.4, -0.2) is 24.0 Å². The third-order valence-electron chi connectivity index (χ3n) is 4.46. The Morgan fingerprint density at radius 1 is 0.897 bits per heavy atom. The second-order valence-electron chi connectivity index (χ2n) is 6.50. The molecular weight excluding hydrogens is 362 g/mol. The fourth-order valence-electron chi connectivity index (χ4n) is 3.05. The summed E-state index contributed by atoms with van der Waals surface area (Å²) in [6.45, 7) is 0.837. The Labute approximate surface area is 169 Å². The first-order valence-corrected chi connectivity index (χ1v) is 9.46. The van der Waals surface area contributed by atoms with E-state index in [-0.39, 0.29) is 5.91 Å². The molecule has 2 N–H and O–H groups in total. The fourth-order valence-corrected chi connectivity index (χ4v) is 3.05. The van der Waals surface area contributed by atoms with Gasteiger partial charge in [0.05, 0.1) is 6.54 Å². The maximum absolute atomic E-state index is 12.5. The minimum Gasteiger partial charge on any atom is -0.492 e. The molecule has 0 bridgehead atoms. The lowest BCUT2D eigenvalue weighted by atomic mass is 10.1. The number of carbonyl (C=O) groups is 1. The fraction of sp³-hybridized carbons (Fsp3) is 0.0833. The van der Waals surface area contributed by atoms with Gasteiger partial charge in [-0.25, -0.2) is 4.98 Å². The van der Waals surface area contributed by atoms with Gasteiger partial charge in [-0.2, -0.15) is 0 Å². The van der Waals surface area contributed by atoms with Gasteiger partial charge in [0.15, 0.2) is 0 Å². The van der Waals surface area contributed by atoms with E-state index in [1.807, 2.05) is 78.9 Å². The zero-order valence-electron chi connectivity index (χ0n) is 15.8. The maximum atomic E-state index is 12.5. The number of benzene rings is 3. The number of rotatable bonds is 7. The van der Waals surface area contributed by atoms with Crippen LogP contribution in [0.4, 0.5) is 11.5 Å². The third kappa shape index (κ3) is 4.71. The van der Waals surface area contributed by atoms with Gasteiger partial charge in [-0.3, -0.25) is 4.79 Å². The average molecular weight is 383 g/mol. The molecule has 4 aromatic rings. The zero-order valence-corrected chi connectivity index (χ0v) is 15.8. The lowest BCUT2D eigenvalue weighted by Crippen LogP contribution is -2.28. The van der Waals surface area contributed by atoms with Crippen LogP contribution in [0.25, 0.3) is 10.8 Å². The van der Waals surface area contributed by atoms with Crippen LogP contribution in [0.15, 0.2) is 91.1 Å². The van der Waals surface area contributed by atoms with E-state index < -0.39 is 0 Å². The molecule has 0 fully saturated rings. The molecule has 0 aliphatic carbocycles. The summed E-state index contributed by atoms with van der Waals surface area (Å²) in [5, 5.41) is 8.34. The van der Waals surface area contributed by atoms with Gasteiger partial charge in [-0.05, 0) is 41.8 Å². The molecule has 0 aliphatic rings. The molecule has 1 heterocycles. The predicted octanol–water partition coefficient (Wildman–Crippen LogP) is 4.79. The van der Waals surface area contributed by atoms with Crippen LogP contribution in [0.3, 0.4) is 0 Å². The molecule has 1 amide bonds. The average Bonchev–Trinajstić information content (AvgIpc) is 2.78. The van der Waals surface area contributed by atoms with E-state index in [1.165, 1.54) is 0 Å². The van der Waals surface area contributed by atoms with Gasteiger partial charge in [-0.1, -0.05) is 48.5 Å². The highest BCUT2D eigenvalue weighted by Gasteiger charge is 2.07. The number of amides is 1. The number of ether oxygens (including phenoxy) is 1. The molecule has 4 rings (SSSR count). The van der Waals surface area contributed by atoms with E-state index in [1.54, 1.807) is 12.3 Å². The first kappa shape index (κ1) is 18.5. The number of hydrogen-bond acceptors (Lipinski definition) is 4. The molecule has 5 nitrogen and oxygen atoms in total. The molecule has 144 valence electrons. The van der Waals surface area contributed by atoms with E-state index in [9.17, 15) is 4.79 Å². The minimum atomic E-state index is -0.142. The Kier molecular flexibility index (Phi) is 5.67. The summed E-state index contributed by atoms with van der Waals surface area (Å²) < 4.78 is 5.60. The number of fused-ring (bicyclic) bond motifs is 1. The second-order valence-corrected chi connectivity index (χ2v) is 6.50. The monoisotopic (exact) mass is 383 g/mol. The summed E-state index contributed by atoms with van der Waals surface area (Å²) in [4.78, 5) is 16.9. The summed E-state index contributed by atoms with van der Waals surface area (Å²) in [5.41, 5.74) is 1.39. The van der Waals surface area contributed by atoms with E-state index >= 15 is 0 Å². The molecule has 0 spiro atoms. The summed E-state index contributed by atoms with van der Waals surface area (Å²) in [7, 11) is 0. The molecule has 0 saturated carbocycles. The predicted molar refractivity (Wildman–Crippen MR) is 116 cm³/mol. The van der Waals surface area contributed by atoms with Gasteiger partial charge >= 0.3 is 0 Å². The van der Waals surface area contributed by atoms with Crippen molar-refractivity contribution in [3.63, 3.8) is 0 Å². The summed E-state index contributed by atoms with van der Waals surface area (Å²) in [5.74, 6) is 1.41. The van der Waals surface area contributed by atoms with E-state index in [2.05, 4.69) is 15.6 Å². The molecule has 5 heteroatoms. The van der Waals surface area contributed by atoms with Crippen molar-refractivity contribution in [2.75, 3.05) is 18.5 Å². The van der Waals surface area contributed by atoms with Crippen molar-refractivity contribution >= 4 is 28.2 Å². The lowest BCUT2D eigenvalue weighted by Gasteiger charge is -2.11. The highest BCUT2D eigenvalue weighted by Crippen LogP contribution is 2.24. The summed E-state index contributed by atoms with van der Waals surface area (Å²) >= 11 is 0. The van der Waals surface area contributed by atoms with Crippen molar-refractivity contribution in [2.45, 2.75) is 0 Å². The normalized spacial score (nSPS) is 10.5. The molecule has 0 atom stereocenters. The van der Waals surface area contributed by atoms with Gasteiger partial charge in [-0.15, -0.1) is 0 Å². The highest BCUT2D eigenvalue weighted by molar-refractivity contribution is 5.96.